The topological polar surface area (TPSA) is 66.9 Å². The van der Waals surface area contributed by atoms with Gasteiger partial charge in [0.25, 0.3) is 5.91 Å². The van der Waals surface area contributed by atoms with Crippen molar-refractivity contribution >= 4 is 33.3 Å². The molecule has 2 aromatic rings. The summed E-state index contributed by atoms with van der Waals surface area (Å²) in [5, 5.41) is 5.48. The zero-order valence-electron chi connectivity index (χ0n) is 10.9. The molecule has 0 aliphatic rings. The van der Waals surface area contributed by atoms with E-state index in [0.717, 1.165) is 0 Å². The molecule has 7 heteroatoms. The number of nitrogens with zero attached hydrogens (tertiary/aromatic N) is 2. The molecular formula is C13H12BrFN4O. The van der Waals surface area contributed by atoms with Gasteiger partial charge in [0, 0.05) is 12.7 Å². The van der Waals surface area contributed by atoms with Gasteiger partial charge in [-0.1, -0.05) is 0 Å². The lowest BCUT2D eigenvalue weighted by atomic mass is 10.2. The molecule has 0 saturated heterocycles. The summed E-state index contributed by atoms with van der Waals surface area (Å²) >= 11 is 3.08. The maximum Gasteiger partial charge on any atom is 0.275 e. The lowest BCUT2D eigenvalue weighted by Crippen LogP contribution is -2.15. The van der Waals surface area contributed by atoms with Crippen molar-refractivity contribution in [2.24, 2.45) is 0 Å². The summed E-state index contributed by atoms with van der Waals surface area (Å²) in [6, 6.07) is 2.85. The van der Waals surface area contributed by atoms with Crippen LogP contribution in [0.1, 0.15) is 16.1 Å². The number of nitrogens with one attached hydrogen (secondary N) is 2. The number of hydrogen-bond donors (Lipinski definition) is 2. The van der Waals surface area contributed by atoms with Crippen LogP contribution in [0.5, 0.6) is 0 Å². The fourth-order valence-electron chi connectivity index (χ4n) is 1.56. The Labute approximate surface area is 123 Å². The Morgan fingerprint density at radius 2 is 2.10 bits per heavy atom. The van der Waals surface area contributed by atoms with Crippen LogP contribution < -0.4 is 10.6 Å². The highest BCUT2D eigenvalue weighted by molar-refractivity contribution is 9.10. The average molecular weight is 339 g/mol. The minimum atomic E-state index is -0.406. The van der Waals surface area contributed by atoms with Crippen molar-refractivity contribution in [3.8, 4) is 0 Å². The first-order chi connectivity index (χ1) is 9.51. The molecule has 0 radical (unpaired) electrons. The van der Waals surface area contributed by atoms with E-state index in [1.54, 1.807) is 14.0 Å². The van der Waals surface area contributed by atoms with Gasteiger partial charge in [-0.2, -0.15) is 0 Å². The molecule has 0 fully saturated rings. The first-order valence-electron chi connectivity index (χ1n) is 5.78. The van der Waals surface area contributed by atoms with E-state index in [0.29, 0.717) is 17.1 Å². The van der Waals surface area contributed by atoms with Gasteiger partial charge in [-0.25, -0.2) is 9.37 Å². The second kappa shape index (κ2) is 5.96. The normalized spacial score (nSPS) is 10.2. The van der Waals surface area contributed by atoms with E-state index in [9.17, 15) is 9.18 Å². The molecule has 2 rings (SSSR count). The zero-order valence-corrected chi connectivity index (χ0v) is 12.5. The standard InChI is InChI=1S/C13H12BrFN4O/c1-7-3-9(15)8(14)4-10(7)19-13(20)11-5-17-6-12(16-2)18-11/h3-6H,1-2H3,(H,16,18)(H,19,20). The monoisotopic (exact) mass is 338 g/mol. The quantitative estimate of drug-likeness (QED) is 0.902. The number of benzene rings is 1. The third kappa shape index (κ3) is 3.11. The Balaban J connectivity index is 2.25. The number of carbonyl (C=O) groups excluding carboxylic acids is 1. The predicted octanol–water partition coefficient (Wildman–Crippen LogP) is 2.98. The number of aryl methyl sites for hydroxylation is 1. The molecule has 20 heavy (non-hydrogen) atoms. The number of hydrogen-bond acceptors (Lipinski definition) is 4. The molecule has 0 saturated carbocycles. The molecule has 0 aliphatic carbocycles. The molecular weight excluding hydrogens is 327 g/mol. The van der Waals surface area contributed by atoms with E-state index in [1.165, 1.54) is 24.5 Å². The van der Waals surface area contributed by atoms with E-state index >= 15 is 0 Å². The number of carbonyl (C=O) groups is 1. The van der Waals surface area contributed by atoms with Crippen molar-refractivity contribution in [2.75, 3.05) is 17.7 Å². The summed E-state index contributed by atoms with van der Waals surface area (Å²) in [5.74, 6) is -0.289. The zero-order chi connectivity index (χ0) is 14.7. The van der Waals surface area contributed by atoms with Gasteiger partial charge in [-0.05, 0) is 40.5 Å². The second-order valence-corrected chi connectivity index (χ2v) is 4.93. The summed E-state index contributed by atoms with van der Waals surface area (Å²) in [5.41, 5.74) is 1.31. The molecule has 104 valence electrons. The van der Waals surface area contributed by atoms with Crippen molar-refractivity contribution in [3.05, 3.63) is 46.1 Å². The second-order valence-electron chi connectivity index (χ2n) is 4.07. The number of amides is 1. The summed E-state index contributed by atoms with van der Waals surface area (Å²) in [4.78, 5) is 20.1. The van der Waals surface area contributed by atoms with Crippen LogP contribution in [0.4, 0.5) is 15.9 Å². The van der Waals surface area contributed by atoms with Crippen LogP contribution in [0.15, 0.2) is 29.0 Å². The van der Waals surface area contributed by atoms with Crippen LogP contribution in [-0.4, -0.2) is 22.9 Å². The highest BCUT2D eigenvalue weighted by atomic mass is 79.9. The van der Waals surface area contributed by atoms with Crippen LogP contribution >= 0.6 is 15.9 Å². The van der Waals surface area contributed by atoms with Crippen molar-refractivity contribution < 1.29 is 9.18 Å². The third-order valence-electron chi connectivity index (χ3n) is 2.64. The van der Waals surface area contributed by atoms with Gasteiger partial charge in [0.2, 0.25) is 0 Å². The van der Waals surface area contributed by atoms with E-state index in [-0.39, 0.29) is 16.0 Å². The SMILES string of the molecule is CNc1cncc(C(=O)Nc2cc(Br)c(F)cc2C)n1. The Bertz CT molecular complexity index is 663. The maximum atomic E-state index is 13.3. The molecule has 0 spiro atoms. The van der Waals surface area contributed by atoms with Gasteiger partial charge in [-0.3, -0.25) is 9.78 Å². The fourth-order valence-corrected chi connectivity index (χ4v) is 1.91. The lowest BCUT2D eigenvalue weighted by Gasteiger charge is -2.09. The first-order valence-corrected chi connectivity index (χ1v) is 6.57. The molecule has 1 amide bonds. The van der Waals surface area contributed by atoms with Gasteiger partial charge >= 0.3 is 0 Å². The number of anilines is 2. The average Bonchev–Trinajstić information content (AvgIpc) is 2.44. The smallest absolute Gasteiger partial charge is 0.275 e. The first kappa shape index (κ1) is 14.4. The van der Waals surface area contributed by atoms with Crippen molar-refractivity contribution in [1.29, 1.82) is 0 Å². The number of halogens is 2. The summed E-state index contributed by atoms with van der Waals surface area (Å²) in [6.07, 6.45) is 2.88. The van der Waals surface area contributed by atoms with Gasteiger partial charge in [0.15, 0.2) is 0 Å². The molecule has 1 aromatic heterocycles. The highest BCUT2D eigenvalue weighted by Crippen LogP contribution is 2.24. The predicted molar refractivity (Wildman–Crippen MR) is 78.4 cm³/mol. The van der Waals surface area contributed by atoms with E-state index in [1.807, 2.05) is 0 Å². The lowest BCUT2D eigenvalue weighted by molar-refractivity contribution is 0.102. The molecule has 0 aliphatic heterocycles. The van der Waals surface area contributed by atoms with Gasteiger partial charge in [0.05, 0.1) is 16.9 Å². The third-order valence-corrected chi connectivity index (χ3v) is 3.25. The Morgan fingerprint density at radius 1 is 1.35 bits per heavy atom. The molecule has 1 aromatic carbocycles. The van der Waals surface area contributed by atoms with Gasteiger partial charge in [-0.15, -0.1) is 0 Å². The van der Waals surface area contributed by atoms with Crippen LogP contribution in [0.2, 0.25) is 0 Å². The molecule has 0 atom stereocenters. The van der Waals surface area contributed by atoms with E-state index in [2.05, 4.69) is 36.5 Å². The van der Waals surface area contributed by atoms with Crippen molar-refractivity contribution in [3.63, 3.8) is 0 Å². The summed E-state index contributed by atoms with van der Waals surface area (Å²) in [6.45, 7) is 1.71. The van der Waals surface area contributed by atoms with Crippen LogP contribution in [-0.2, 0) is 0 Å². The van der Waals surface area contributed by atoms with Gasteiger partial charge < -0.3 is 10.6 Å². The van der Waals surface area contributed by atoms with Crippen LogP contribution in [0.25, 0.3) is 0 Å². The molecule has 5 nitrogen and oxygen atoms in total. The Morgan fingerprint density at radius 3 is 2.80 bits per heavy atom. The van der Waals surface area contributed by atoms with Crippen LogP contribution in [0, 0.1) is 12.7 Å². The van der Waals surface area contributed by atoms with E-state index in [4.69, 9.17) is 0 Å². The Hall–Kier alpha value is -2.02. The minimum absolute atomic E-state index is 0.177. The highest BCUT2D eigenvalue weighted by Gasteiger charge is 2.12. The van der Waals surface area contributed by atoms with Crippen molar-refractivity contribution in [2.45, 2.75) is 6.92 Å². The number of rotatable bonds is 3. The Kier molecular flexibility index (Phi) is 4.29. The molecule has 2 N–H and O–H groups in total. The summed E-state index contributed by atoms with van der Waals surface area (Å²) in [7, 11) is 1.69. The van der Waals surface area contributed by atoms with Crippen molar-refractivity contribution in [1.82, 2.24) is 9.97 Å². The maximum absolute atomic E-state index is 13.3. The van der Waals surface area contributed by atoms with Gasteiger partial charge in [0.1, 0.15) is 17.3 Å². The molecule has 0 unspecified atom stereocenters. The molecule has 1 heterocycles. The minimum Gasteiger partial charge on any atom is -0.372 e. The molecule has 0 bridgehead atoms. The largest absolute Gasteiger partial charge is 0.372 e. The van der Waals surface area contributed by atoms with E-state index < -0.39 is 5.91 Å². The summed E-state index contributed by atoms with van der Waals surface area (Å²) < 4.78 is 13.6. The fraction of sp³-hybridized carbons (Fsp3) is 0.154. The number of aromatic nitrogens is 2. The van der Waals surface area contributed by atoms with Crippen LogP contribution in [0.3, 0.4) is 0 Å².